The summed E-state index contributed by atoms with van der Waals surface area (Å²) in [6.07, 6.45) is -5.16. The minimum Gasteiger partial charge on any atom is -0.448 e. The lowest BCUT2D eigenvalue weighted by Crippen LogP contribution is -2.42. The van der Waals surface area contributed by atoms with Gasteiger partial charge in [0.25, 0.3) is 0 Å². The van der Waals surface area contributed by atoms with Crippen molar-refractivity contribution in [1.29, 1.82) is 0 Å². The molecule has 0 spiro atoms. The van der Waals surface area contributed by atoms with Crippen molar-refractivity contribution in [3.05, 3.63) is 52.8 Å². The Labute approximate surface area is 256 Å². The molecule has 4 rings (SSSR count). The van der Waals surface area contributed by atoms with Gasteiger partial charge in [-0.15, -0.1) is 0 Å². The summed E-state index contributed by atoms with van der Waals surface area (Å²) in [6, 6.07) is 0.448. The first-order valence-corrected chi connectivity index (χ1v) is 14.2. The van der Waals surface area contributed by atoms with Gasteiger partial charge in [0, 0.05) is 57.2 Å². The van der Waals surface area contributed by atoms with Gasteiger partial charge in [-0.25, -0.2) is 14.8 Å². The molecule has 0 saturated carbocycles. The number of hydrogen-bond acceptors (Lipinski definition) is 8. The Morgan fingerprint density at radius 1 is 1.02 bits per heavy atom. The lowest BCUT2D eigenvalue weighted by Gasteiger charge is -2.30. The monoisotopic (exact) mass is 643 g/mol. The molecule has 16 heteroatoms. The molecule has 2 aliphatic heterocycles. The number of ether oxygens (including phenoxy) is 1. The van der Waals surface area contributed by atoms with E-state index in [1.54, 1.807) is 30.7 Å². The van der Waals surface area contributed by atoms with Crippen molar-refractivity contribution in [3.63, 3.8) is 0 Å². The normalized spacial score (nSPS) is 20.5. The van der Waals surface area contributed by atoms with Gasteiger partial charge >= 0.3 is 18.4 Å². The number of primary amides is 1. The van der Waals surface area contributed by atoms with Crippen molar-refractivity contribution in [2.75, 3.05) is 31.6 Å². The van der Waals surface area contributed by atoms with Crippen LogP contribution in [-0.4, -0.2) is 76.9 Å². The van der Waals surface area contributed by atoms with Gasteiger partial charge in [0.2, 0.25) is 11.9 Å². The van der Waals surface area contributed by atoms with Gasteiger partial charge in [0.05, 0.1) is 22.6 Å². The number of rotatable bonds is 9. The Morgan fingerprint density at radius 2 is 1.62 bits per heavy atom. The van der Waals surface area contributed by atoms with Crippen LogP contribution in [0.15, 0.2) is 35.7 Å². The Morgan fingerprint density at radius 3 is 2.11 bits per heavy atom. The number of likely N-dealkylation sites (N-methyl/N-ethyl adjacent to an activating group) is 1. The maximum atomic E-state index is 13.7. The third kappa shape index (κ3) is 7.95. The highest BCUT2D eigenvalue weighted by Crippen LogP contribution is 2.37. The van der Waals surface area contributed by atoms with Crippen LogP contribution in [0.4, 0.5) is 37.1 Å². The van der Waals surface area contributed by atoms with Crippen LogP contribution in [0.5, 0.6) is 0 Å². The average Bonchev–Trinajstić information content (AvgIpc) is 3.60. The molecule has 1 saturated heterocycles. The molecule has 45 heavy (non-hydrogen) atoms. The molecular weight excluding hydrogens is 608 g/mol. The largest absolute Gasteiger partial charge is 0.448 e. The molecule has 10 nitrogen and oxygen atoms in total. The van der Waals surface area contributed by atoms with Crippen LogP contribution in [0.1, 0.15) is 61.8 Å². The van der Waals surface area contributed by atoms with Crippen LogP contribution in [-0.2, 0) is 28.4 Å². The molecule has 2 aromatic rings. The molecule has 1 fully saturated rings. The number of likely N-dealkylation sites (tertiary alicyclic amines) is 1. The zero-order valence-corrected chi connectivity index (χ0v) is 25.2. The molecule has 1 unspecified atom stereocenters. The van der Waals surface area contributed by atoms with E-state index in [4.69, 9.17) is 10.5 Å². The molecule has 2 amide bonds. The van der Waals surface area contributed by atoms with Crippen molar-refractivity contribution in [1.82, 2.24) is 19.9 Å². The lowest BCUT2D eigenvalue weighted by atomic mass is 9.94. The molecule has 0 bridgehead atoms. The predicted molar refractivity (Wildman–Crippen MR) is 152 cm³/mol. The summed E-state index contributed by atoms with van der Waals surface area (Å²) in [5.41, 5.74) is 1.85. The quantitative estimate of drug-likeness (QED) is 0.381. The van der Waals surface area contributed by atoms with E-state index < -0.39 is 53.5 Å². The fraction of sp³-hybridized carbons (Fsp3) is 0.552. The molecule has 1 aromatic carbocycles. The lowest BCUT2D eigenvalue weighted by molar-refractivity contribution is -0.143. The number of nitrogens with two attached hydrogens (primary N) is 1. The average molecular weight is 644 g/mol. The molecule has 3 atom stereocenters. The van der Waals surface area contributed by atoms with E-state index in [1.807, 2.05) is 6.92 Å². The standard InChI is InChI=1S/C29H35F6N7O3/c1-5-22-9-23(15-42(22)26(44)45-16-27(2,3)24(36)43)41(25-37-10-18(11-38-25)19-12-39-40(4)14-19)13-17-6-20(28(30,31)32)8-21(7-17)29(33,34)35/h6-8,10-12,19,22-23H,5,9,13-16H2,1-4H3,(H2,36,43)/t19?,22-,23+/m1/s1. The number of hydrazone groups is 1. The molecule has 3 heterocycles. The molecule has 246 valence electrons. The zero-order valence-electron chi connectivity index (χ0n) is 25.2. The Kier molecular flexibility index (Phi) is 9.54. The van der Waals surface area contributed by atoms with Gasteiger partial charge in [-0.2, -0.15) is 31.4 Å². The molecule has 0 aliphatic carbocycles. The second-order valence-corrected chi connectivity index (χ2v) is 12.0. The van der Waals surface area contributed by atoms with Gasteiger partial charge in [0.15, 0.2) is 0 Å². The first-order chi connectivity index (χ1) is 20.9. The number of carbonyl (C=O) groups excluding carboxylic acids is 2. The highest BCUT2D eigenvalue weighted by atomic mass is 19.4. The highest BCUT2D eigenvalue weighted by Gasteiger charge is 2.41. The van der Waals surface area contributed by atoms with Crippen molar-refractivity contribution in [2.45, 2.75) is 70.5 Å². The number of nitrogens with zero attached hydrogens (tertiary/aromatic N) is 6. The number of benzene rings is 1. The smallest absolute Gasteiger partial charge is 0.416 e. The van der Waals surface area contributed by atoms with Gasteiger partial charge in [0.1, 0.15) is 6.61 Å². The third-order valence-electron chi connectivity index (χ3n) is 8.01. The van der Waals surface area contributed by atoms with Crippen molar-refractivity contribution < 1.29 is 40.7 Å². The zero-order chi connectivity index (χ0) is 33.3. The maximum Gasteiger partial charge on any atom is 0.416 e. The van der Waals surface area contributed by atoms with Crippen molar-refractivity contribution in [3.8, 4) is 0 Å². The van der Waals surface area contributed by atoms with E-state index in [2.05, 4.69) is 15.1 Å². The summed E-state index contributed by atoms with van der Waals surface area (Å²) in [4.78, 5) is 36.6. The summed E-state index contributed by atoms with van der Waals surface area (Å²) >= 11 is 0. The van der Waals surface area contributed by atoms with E-state index >= 15 is 0 Å². The van der Waals surface area contributed by atoms with Crippen LogP contribution in [0.25, 0.3) is 0 Å². The van der Waals surface area contributed by atoms with E-state index in [-0.39, 0.29) is 42.7 Å². The first-order valence-electron chi connectivity index (χ1n) is 14.2. The van der Waals surface area contributed by atoms with E-state index in [1.165, 1.54) is 23.6 Å². The van der Waals surface area contributed by atoms with Gasteiger partial charge in [-0.05, 0) is 56.0 Å². The van der Waals surface area contributed by atoms with Gasteiger partial charge in [-0.1, -0.05) is 6.92 Å². The molecule has 0 radical (unpaired) electrons. The number of anilines is 1. The summed E-state index contributed by atoms with van der Waals surface area (Å²) in [7, 11) is 1.80. The predicted octanol–water partition coefficient (Wildman–Crippen LogP) is 5.04. The minimum absolute atomic E-state index is 0.0185. The van der Waals surface area contributed by atoms with Crippen molar-refractivity contribution in [2.24, 2.45) is 16.3 Å². The number of alkyl halides is 6. The number of halogens is 6. The van der Waals surface area contributed by atoms with Crippen LogP contribution in [0, 0.1) is 5.41 Å². The summed E-state index contributed by atoms with van der Waals surface area (Å²) in [5, 5.41) is 5.93. The summed E-state index contributed by atoms with van der Waals surface area (Å²) in [6.45, 7) is 4.80. The Hall–Kier alpha value is -4.11. The van der Waals surface area contributed by atoms with Crippen LogP contribution in [0.3, 0.4) is 0 Å². The molecule has 2 N–H and O–H groups in total. The second kappa shape index (κ2) is 12.7. The molecule has 1 aromatic heterocycles. The van der Waals surface area contributed by atoms with Crippen molar-refractivity contribution >= 4 is 24.2 Å². The molecular formula is C29H35F6N7O3. The Balaban J connectivity index is 1.68. The molecule has 2 aliphatic rings. The number of hydrogen-bond donors (Lipinski definition) is 1. The van der Waals surface area contributed by atoms with Crippen LogP contribution in [0.2, 0.25) is 0 Å². The van der Waals surface area contributed by atoms with Gasteiger partial charge < -0.3 is 20.3 Å². The Bertz CT molecular complexity index is 1380. The fourth-order valence-corrected chi connectivity index (χ4v) is 5.23. The van der Waals surface area contributed by atoms with Crippen LogP contribution < -0.4 is 10.6 Å². The topological polar surface area (TPSA) is 117 Å². The maximum absolute atomic E-state index is 13.7. The SMILES string of the molecule is CC[C@@H]1C[C@H](N(Cc2cc(C(F)(F)F)cc(C(F)(F)F)c2)c2ncc(C3C=NN(C)C3)cn2)CN1C(=O)OCC(C)(C)C(N)=O. The van der Waals surface area contributed by atoms with E-state index in [9.17, 15) is 35.9 Å². The minimum atomic E-state index is -5.02. The summed E-state index contributed by atoms with van der Waals surface area (Å²) < 4.78 is 87.3. The summed E-state index contributed by atoms with van der Waals surface area (Å²) in [5.74, 6) is -0.692. The van der Waals surface area contributed by atoms with E-state index in [0.29, 0.717) is 31.5 Å². The third-order valence-corrected chi connectivity index (χ3v) is 8.01. The van der Waals surface area contributed by atoms with Gasteiger partial charge in [-0.3, -0.25) is 9.80 Å². The van der Waals surface area contributed by atoms with Crippen LogP contribution >= 0.6 is 0 Å². The van der Waals surface area contributed by atoms with E-state index in [0.717, 1.165) is 5.56 Å². The number of amides is 2. The number of carbonyl (C=O) groups is 2. The fourth-order valence-electron chi connectivity index (χ4n) is 5.23. The second-order valence-electron chi connectivity index (χ2n) is 12.0. The number of aromatic nitrogens is 2. The first kappa shape index (κ1) is 33.8. The highest BCUT2D eigenvalue weighted by molar-refractivity contribution is 5.80.